The molecule has 0 aliphatic rings. The zero-order valence-corrected chi connectivity index (χ0v) is 12.6. The number of aromatic carboxylic acids is 1. The van der Waals surface area contributed by atoms with E-state index >= 15 is 0 Å². The van der Waals surface area contributed by atoms with Crippen LogP contribution < -0.4 is 10.4 Å². The average Bonchev–Trinajstić information content (AvgIpc) is 2.97. The molecule has 6 heteroatoms. The number of benzene rings is 1. The number of amides is 1. The molecular formula is C15H15N2O3S-. The van der Waals surface area contributed by atoms with E-state index in [1.807, 2.05) is 24.3 Å². The molecule has 5 nitrogen and oxygen atoms in total. The van der Waals surface area contributed by atoms with Crippen LogP contribution >= 0.6 is 11.3 Å². The predicted molar refractivity (Wildman–Crippen MR) is 79.3 cm³/mol. The van der Waals surface area contributed by atoms with Crippen molar-refractivity contribution < 1.29 is 14.7 Å². The smallest absolute Gasteiger partial charge is 0.234 e. The summed E-state index contributed by atoms with van der Waals surface area (Å²) in [5.74, 6) is -2.08. The third kappa shape index (κ3) is 3.66. The summed E-state index contributed by atoms with van der Waals surface area (Å²) < 4.78 is 0. The first-order valence-corrected chi connectivity index (χ1v) is 7.45. The molecule has 1 heterocycles. The highest BCUT2D eigenvalue weighted by Crippen LogP contribution is 2.22. The number of nitrogens with zero attached hydrogens (tertiary/aromatic N) is 1. The van der Waals surface area contributed by atoms with Crippen LogP contribution in [0.25, 0.3) is 0 Å². The van der Waals surface area contributed by atoms with E-state index in [1.165, 1.54) is 10.9 Å². The standard InChI is InChI=1S/C15H16N2O3S/c1-3-10-4-6-11(7-5-10)16-13(18)9(2)14-17-12(8-21-14)15(19)20/h4-9H,3H2,1-2H3,(H,16,18)(H,19,20)/p-1/t9-/m0/s1. The molecule has 1 aromatic heterocycles. The van der Waals surface area contributed by atoms with Crippen LogP contribution in [0.4, 0.5) is 5.69 Å². The lowest BCUT2D eigenvalue weighted by Gasteiger charge is -2.10. The lowest BCUT2D eigenvalue weighted by atomic mass is 10.1. The number of carbonyl (C=O) groups is 2. The molecule has 21 heavy (non-hydrogen) atoms. The van der Waals surface area contributed by atoms with Crippen molar-refractivity contribution in [2.24, 2.45) is 0 Å². The van der Waals surface area contributed by atoms with E-state index in [0.717, 1.165) is 17.8 Å². The van der Waals surface area contributed by atoms with Crippen molar-refractivity contribution in [2.45, 2.75) is 26.2 Å². The van der Waals surface area contributed by atoms with Crippen molar-refractivity contribution in [3.63, 3.8) is 0 Å². The quantitative estimate of drug-likeness (QED) is 0.913. The van der Waals surface area contributed by atoms with Gasteiger partial charge in [-0.3, -0.25) is 4.79 Å². The Balaban J connectivity index is 2.05. The zero-order valence-electron chi connectivity index (χ0n) is 11.8. The van der Waals surface area contributed by atoms with Crippen LogP contribution in [-0.2, 0) is 11.2 Å². The summed E-state index contributed by atoms with van der Waals surface area (Å²) in [6.45, 7) is 3.75. The van der Waals surface area contributed by atoms with E-state index in [9.17, 15) is 14.7 Å². The molecule has 1 amide bonds. The number of rotatable bonds is 5. The Morgan fingerprint density at radius 2 is 2.00 bits per heavy atom. The van der Waals surface area contributed by atoms with Gasteiger partial charge in [-0.2, -0.15) is 0 Å². The second-order valence-corrected chi connectivity index (χ2v) is 5.51. The first-order valence-electron chi connectivity index (χ1n) is 6.57. The van der Waals surface area contributed by atoms with Gasteiger partial charge in [0, 0.05) is 11.1 Å². The lowest BCUT2D eigenvalue weighted by molar-refractivity contribution is -0.255. The van der Waals surface area contributed by atoms with Gasteiger partial charge in [0.15, 0.2) is 0 Å². The highest BCUT2D eigenvalue weighted by atomic mass is 32.1. The van der Waals surface area contributed by atoms with E-state index in [4.69, 9.17) is 0 Å². The van der Waals surface area contributed by atoms with E-state index in [2.05, 4.69) is 17.2 Å². The summed E-state index contributed by atoms with van der Waals surface area (Å²) >= 11 is 1.14. The Morgan fingerprint density at radius 3 is 2.52 bits per heavy atom. The van der Waals surface area contributed by atoms with Gasteiger partial charge in [-0.15, -0.1) is 11.3 Å². The second-order valence-electron chi connectivity index (χ2n) is 4.62. The summed E-state index contributed by atoms with van der Waals surface area (Å²) in [4.78, 5) is 26.7. The summed E-state index contributed by atoms with van der Waals surface area (Å²) in [6.07, 6.45) is 0.940. The topological polar surface area (TPSA) is 82.1 Å². The van der Waals surface area contributed by atoms with Crippen LogP contribution in [-0.4, -0.2) is 16.9 Å². The SMILES string of the molecule is CCc1ccc(NC(=O)[C@H](C)c2nc(C(=O)[O-])cs2)cc1. The summed E-state index contributed by atoms with van der Waals surface area (Å²) in [5, 5.41) is 15.3. The lowest BCUT2D eigenvalue weighted by Crippen LogP contribution is -2.23. The van der Waals surface area contributed by atoms with Crippen molar-refractivity contribution >= 4 is 28.9 Å². The minimum atomic E-state index is -1.33. The van der Waals surface area contributed by atoms with Crippen LogP contribution in [0.5, 0.6) is 0 Å². The average molecular weight is 303 g/mol. The normalized spacial score (nSPS) is 11.9. The molecule has 1 aromatic carbocycles. The molecular weight excluding hydrogens is 288 g/mol. The number of anilines is 1. The van der Waals surface area contributed by atoms with Gasteiger partial charge in [0.25, 0.3) is 0 Å². The molecule has 0 aliphatic carbocycles. The molecule has 0 bridgehead atoms. The van der Waals surface area contributed by atoms with Gasteiger partial charge in [0.1, 0.15) is 5.01 Å². The third-order valence-corrected chi connectivity index (χ3v) is 4.15. The van der Waals surface area contributed by atoms with Crippen molar-refractivity contribution in [3.8, 4) is 0 Å². The van der Waals surface area contributed by atoms with Crippen LogP contribution in [0.15, 0.2) is 29.6 Å². The van der Waals surface area contributed by atoms with Crippen molar-refractivity contribution in [2.75, 3.05) is 5.32 Å². The van der Waals surface area contributed by atoms with Crippen molar-refractivity contribution in [3.05, 3.63) is 45.9 Å². The number of aryl methyl sites for hydroxylation is 1. The Labute approximate surface area is 126 Å². The maximum atomic E-state index is 12.1. The number of aromatic nitrogens is 1. The number of hydrogen-bond acceptors (Lipinski definition) is 5. The van der Waals surface area contributed by atoms with Gasteiger partial charge >= 0.3 is 0 Å². The molecule has 2 aromatic rings. The molecule has 0 fully saturated rings. The second kappa shape index (κ2) is 6.49. The van der Waals surface area contributed by atoms with Gasteiger partial charge < -0.3 is 15.2 Å². The van der Waals surface area contributed by atoms with E-state index in [0.29, 0.717) is 10.7 Å². The first-order chi connectivity index (χ1) is 10.0. The Bertz CT molecular complexity index is 649. The van der Waals surface area contributed by atoms with Gasteiger partial charge in [-0.05, 0) is 31.0 Å². The number of carboxylic acids is 1. The van der Waals surface area contributed by atoms with Crippen LogP contribution in [0.2, 0.25) is 0 Å². The minimum Gasteiger partial charge on any atom is -0.543 e. The molecule has 0 aliphatic heterocycles. The maximum Gasteiger partial charge on any atom is 0.234 e. The number of hydrogen-bond donors (Lipinski definition) is 1. The zero-order chi connectivity index (χ0) is 15.4. The molecule has 0 saturated carbocycles. The fraction of sp³-hybridized carbons (Fsp3) is 0.267. The minimum absolute atomic E-state index is 0.137. The van der Waals surface area contributed by atoms with Gasteiger partial charge in [-0.1, -0.05) is 19.1 Å². The largest absolute Gasteiger partial charge is 0.543 e. The van der Waals surface area contributed by atoms with Crippen molar-refractivity contribution in [1.29, 1.82) is 0 Å². The molecule has 1 N–H and O–H groups in total. The van der Waals surface area contributed by atoms with Crippen LogP contribution in [0.1, 0.15) is 40.8 Å². The highest BCUT2D eigenvalue weighted by molar-refractivity contribution is 7.10. The Morgan fingerprint density at radius 1 is 1.33 bits per heavy atom. The van der Waals surface area contributed by atoms with Crippen LogP contribution in [0, 0.1) is 0 Å². The van der Waals surface area contributed by atoms with Gasteiger partial charge in [0.05, 0.1) is 17.6 Å². The number of carbonyl (C=O) groups excluding carboxylic acids is 2. The molecule has 0 saturated heterocycles. The summed E-state index contributed by atoms with van der Waals surface area (Å²) in [7, 11) is 0. The monoisotopic (exact) mass is 303 g/mol. The van der Waals surface area contributed by atoms with E-state index in [-0.39, 0.29) is 11.6 Å². The number of thiazole rings is 1. The number of nitrogens with one attached hydrogen (secondary N) is 1. The third-order valence-electron chi connectivity index (χ3n) is 3.12. The Hall–Kier alpha value is -2.21. The molecule has 0 unspecified atom stereocenters. The number of carboxylic acid groups (broad SMARTS) is 1. The summed E-state index contributed by atoms with van der Waals surface area (Å²) in [6, 6.07) is 7.60. The van der Waals surface area contributed by atoms with Gasteiger partial charge in [0.2, 0.25) is 5.91 Å². The Kier molecular flexibility index (Phi) is 4.70. The molecule has 0 radical (unpaired) electrons. The van der Waals surface area contributed by atoms with Crippen molar-refractivity contribution in [1.82, 2.24) is 4.98 Å². The van der Waals surface area contributed by atoms with Gasteiger partial charge in [-0.25, -0.2) is 4.98 Å². The predicted octanol–water partition coefficient (Wildman–Crippen LogP) is 1.81. The molecule has 2 rings (SSSR count). The van der Waals surface area contributed by atoms with Crippen LogP contribution in [0.3, 0.4) is 0 Å². The first kappa shape index (κ1) is 15.2. The summed E-state index contributed by atoms with van der Waals surface area (Å²) in [5.41, 5.74) is 1.77. The molecule has 1 atom stereocenters. The van der Waals surface area contributed by atoms with E-state index < -0.39 is 11.9 Å². The van der Waals surface area contributed by atoms with E-state index in [1.54, 1.807) is 6.92 Å². The highest BCUT2D eigenvalue weighted by Gasteiger charge is 2.19. The fourth-order valence-corrected chi connectivity index (χ4v) is 2.61. The fourth-order valence-electron chi connectivity index (χ4n) is 1.77. The molecule has 110 valence electrons. The maximum absolute atomic E-state index is 12.1. The molecule has 0 spiro atoms.